The van der Waals surface area contributed by atoms with Gasteiger partial charge < -0.3 is 15.3 Å². The van der Waals surface area contributed by atoms with E-state index >= 15 is 0 Å². The minimum atomic E-state index is -0.157. The average Bonchev–Trinajstić information content (AvgIpc) is 3.12. The third-order valence-electron chi connectivity index (χ3n) is 3.26. The van der Waals surface area contributed by atoms with E-state index in [4.69, 9.17) is 5.11 Å². The Balaban J connectivity index is 1.69. The fourth-order valence-electron chi connectivity index (χ4n) is 2.25. The van der Waals surface area contributed by atoms with Gasteiger partial charge in [0.2, 0.25) is 0 Å². The van der Waals surface area contributed by atoms with Crippen molar-refractivity contribution in [1.82, 2.24) is 10.2 Å². The Morgan fingerprint density at radius 1 is 1.40 bits per heavy atom. The minimum Gasteiger partial charge on any atom is -0.384 e. The van der Waals surface area contributed by atoms with Gasteiger partial charge in [0.05, 0.1) is 9.75 Å². The van der Waals surface area contributed by atoms with Crippen molar-refractivity contribution in [2.45, 2.75) is 19.3 Å². The fourth-order valence-corrected chi connectivity index (χ4v) is 3.05. The van der Waals surface area contributed by atoms with Gasteiger partial charge in [-0.05, 0) is 51.0 Å². The molecule has 1 aliphatic heterocycles. The van der Waals surface area contributed by atoms with E-state index in [2.05, 4.69) is 22.1 Å². The van der Waals surface area contributed by atoms with Gasteiger partial charge in [-0.3, -0.25) is 4.79 Å². The Bertz CT molecular complexity index is 495. The standard InChI is InChI=1S/C15H20N2O2S/c18-12-3-5-13-6-7-14(20-13)15(19)16-8-4-11-17-9-1-2-10-17/h6-7,18H,1-2,4,8-12H2,(H,16,19). The Morgan fingerprint density at radius 2 is 2.20 bits per heavy atom. The van der Waals surface area contributed by atoms with Crippen LogP contribution in [0.25, 0.3) is 0 Å². The Kier molecular flexibility index (Phi) is 6.06. The van der Waals surface area contributed by atoms with Gasteiger partial charge in [0.25, 0.3) is 5.91 Å². The first-order valence-electron chi connectivity index (χ1n) is 7.00. The number of nitrogens with one attached hydrogen (secondary N) is 1. The monoisotopic (exact) mass is 292 g/mol. The molecule has 108 valence electrons. The quantitative estimate of drug-likeness (QED) is 0.635. The van der Waals surface area contributed by atoms with E-state index in [0.29, 0.717) is 11.4 Å². The number of hydrogen-bond acceptors (Lipinski definition) is 4. The summed E-state index contributed by atoms with van der Waals surface area (Å²) in [5.74, 6) is 5.35. The first-order chi connectivity index (χ1) is 9.79. The van der Waals surface area contributed by atoms with Gasteiger partial charge in [-0.25, -0.2) is 0 Å². The van der Waals surface area contributed by atoms with Gasteiger partial charge in [-0.2, -0.15) is 0 Å². The summed E-state index contributed by atoms with van der Waals surface area (Å²) in [7, 11) is 0. The van der Waals surface area contributed by atoms with E-state index in [1.807, 2.05) is 6.07 Å². The molecule has 4 nitrogen and oxygen atoms in total. The highest BCUT2D eigenvalue weighted by Crippen LogP contribution is 2.15. The molecule has 0 bridgehead atoms. The summed E-state index contributed by atoms with van der Waals surface area (Å²) in [4.78, 5) is 15.8. The van der Waals surface area contributed by atoms with Gasteiger partial charge in [0, 0.05) is 6.54 Å². The third-order valence-corrected chi connectivity index (χ3v) is 4.26. The van der Waals surface area contributed by atoms with E-state index in [1.165, 1.54) is 37.3 Å². The maximum absolute atomic E-state index is 11.9. The van der Waals surface area contributed by atoms with Crippen LogP contribution in [0, 0.1) is 11.8 Å². The van der Waals surface area contributed by atoms with Crippen LogP contribution < -0.4 is 5.32 Å². The number of aliphatic hydroxyl groups is 1. The summed E-state index contributed by atoms with van der Waals surface area (Å²) in [5, 5.41) is 11.6. The van der Waals surface area contributed by atoms with E-state index < -0.39 is 0 Å². The second-order valence-corrected chi connectivity index (χ2v) is 5.87. The largest absolute Gasteiger partial charge is 0.384 e. The van der Waals surface area contributed by atoms with E-state index in [9.17, 15) is 4.79 Å². The Morgan fingerprint density at radius 3 is 2.95 bits per heavy atom. The fraction of sp³-hybridized carbons (Fsp3) is 0.533. The van der Waals surface area contributed by atoms with Crippen molar-refractivity contribution in [3.05, 3.63) is 21.9 Å². The van der Waals surface area contributed by atoms with Gasteiger partial charge >= 0.3 is 0 Å². The molecule has 20 heavy (non-hydrogen) atoms. The van der Waals surface area contributed by atoms with Crippen molar-refractivity contribution in [2.24, 2.45) is 0 Å². The highest BCUT2D eigenvalue weighted by molar-refractivity contribution is 7.14. The van der Waals surface area contributed by atoms with Crippen LogP contribution in [0.5, 0.6) is 0 Å². The molecule has 0 aliphatic carbocycles. The normalized spacial score (nSPS) is 14.8. The van der Waals surface area contributed by atoms with Crippen molar-refractivity contribution in [2.75, 3.05) is 32.8 Å². The van der Waals surface area contributed by atoms with Crippen LogP contribution in [0.3, 0.4) is 0 Å². The zero-order valence-electron chi connectivity index (χ0n) is 11.5. The lowest BCUT2D eigenvalue weighted by Crippen LogP contribution is -2.28. The molecule has 1 aliphatic rings. The third kappa shape index (κ3) is 4.64. The van der Waals surface area contributed by atoms with Crippen molar-refractivity contribution >= 4 is 17.2 Å². The number of thiophene rings is 1. The lowest BCUT2D eigenvalue weighted by molar-refractivity contribution is 0.0956. The number of rotatable bonds is 5. The lowest BCUT2D eigenvalue weighted by atomic mass is 10.3. The van der Waals surface area contributed by atoms with Crippen LogP contribution in [0.4, 0.5) is 0 Å². The van der Waals surface area contributed by atoms with Crippen LogP contribution in [0.2, 0.25) is 0 Å². The van der Waals surface area contributed by atoms with Crippen molar-refractivity contribution in [3.8, 4) is 11.8 Å². The molecule has 0 atom stereocenters. The summed E-state index contributed by atoms with van der Waals surface area (Å²) in [6.45, 7) is 4.02. The predicted octanol–water partition coefficient (Wildman–Crippen LogP) is 1.31. The topological polar surface area (TPSA) is 52.6 Å². The zero-order valence-corrected chi connectivity index (χ0v) is 12.3. The van der Waals surface area contributed by atoms with Crippen molar-refractivity contribution in [1.29, 1.82) is 0 Å². The summed E-state index contributed by atoms with van der Waals surface area (Å²) in [6, 6.07) is 3.59. The predicted molar refractivity (Wildman–Crippen MR) is 80.9 cm³/mol. The van der Waals surface area contributed by atoms with Gasteiger partial charge in [0.1, 0.15) is 6.61 Å². The van der Waals surface area contributed by atoms with Gasteiger partial charge in [-0.15, -0.1) is 11.3 Å². The molecule has 1 saturated heterocycles. The molecule has 0 unspecified atom stereocenters. The highest BCUT2D eigenvalue weighted by Gasteiger charge is 2.11. The van der Waals surface area contributed by atoms with Crippen LogP contribution in [-0.2, 0) is 0 Å². The molecular formula is C15H20N2O2S. The van der Waals surface area contributed by atoms with Crippen molar-refractivity contribution in [3.63, 3.8) is 0 Å². The molecule has 0 aromatic carbocycles. The number of hydrogen-bond donors (Lipinski definition) is 2. The summed E-state index contributed by atoms with van der Waals surface area (Å²) < 4.78 is 0. The maximum atomic E-state index is 11.9. The van der Waals surface area contributed by atoms with Gasteiger partial charge in [-0.1, -0.05) is 11.8 Å². The van der Waals surface area contributed by atoms with Crippen LogP contribution in [0.1, 0.15) is 33.8 Å². The molecule has 1 aromatic heterocycles. The number of likely N-dealkylation sites (tertiary alicyclic amines) is 1. The summed E-state index contributed by atoms with van der Waals surface area (Å²) in [6.07, 6.45) is 3.60. The summed E-state index contributed by atoms with van der Waals surface area (Å²) in [5.41, 5.74) is 0. The lowest BCUT2D eigenvalue weighted by Gasteiger charge is -2.14. The number of carbonyl (C=O) groups excluding carboxylic acids is 1. The molecule has 5 heteroatoms. The van der Waals surface area contributed by atoms with Gasteiger partial charge in [0.15, 0.2) is 0 Å². The second-order valence-electron chi connectivity index (χ2n) is 4.78. The number of amides is 1. The van der Waals surface area contributed by atoms with E-state index in [1.54, 1.807) is 6.07 Å². The molecule has 0 spiro atoms. The van der Waals surface area contributed by atoms with Crippen molar-refractivity contribution < 1.29 is 9.90 Å². The molecule has 2 heterocycles. The molecule has 0 radical (unpaired) electrons. The molecule has 2 rings (SSSR count). The molecule has 1 aromatic rings. The average molecular weight is 292 g/mol. The molecule has 1 fully saturated rings. The molecule has 1 amide bonds. The summed E-state index contributed by atoms with van der Waals surface area (Å²) >= 11 is 1.36. The maximum Gasteiger partial charge on any atom is 0.261 e. The number of aliphatic hydroxyl groups excluding tert-OH is 1. The molecule has 2 N–H and O–H groups in total. The first kappa shape index (κ1) is 15.0. The first-order valence-corrected chi connectivity index (χ1v) is 7.81. The van der Waals surface area contributed by atoms with E-state index in [0.717, 1.165) is 17.8 Å². The highest BCUT2D eigenvalue weighted by atomic mass is 32.1. The smallest absolute Gasteiger partial charge is 0.261 e. The second kappa shape index (κ2) is 8.05. The molecule has 0 saturated carbocycles. The Labute approximate surface area is 123 Å². The zero-order chi connectivity index (χ0) is 14.2. The minimum absolute atomic E-state index is 0.0338. The van der Waals surface area contributed by atoms with Crippen LogP contribution in [-0.4, -0.2) is 48.7 Å². The Hall–Kier alpha value is -1.35. The van der Waals surface area contributed by atoms with Crippen LogP contribution in [0.15, 0.2) is 12.1 Å². The number of nitrogens with zero attached hydrogens (tertiary/aromatic N) is 1. The van der Waals surface area contributed by atoms with Crippen LogP contribution >= 0.6 is 11.3 Å². The van der Waals surface area contributed by atoms with E-state index in [-0.39, 0.29) is 12.5 Å². The number of carbonyl (C=O) groups is 1. The SMILES string of the molecule is O=C(NCCCN1CCCC1)c1ccc(C#CCO)s1. The molecular weight excluding hydrogens is 272 g/mol.